The zero-order valence-electron chi connectivity index (χ0n) is 40.4. The molecule has 0 unspecified atom stereocenters. The lowest BCUT2D eigenvalue weighted by Gasteiger charge is -2.18. The number of ether oxygens (including phenoxy) is 3. The van der Waals surface area contributed by atoms with E-state index in [1.807, 2.05) is 0 Å². The SMILES string of the molecule is CCCC/C=C\CCCCCCCC(=O)OC[C@@H](COC(=O)CCCCCCCCC/C=C\CCCCCC)OC(=O)CCCCCCCCC/C=C\C/C=C\CCCCC. The fraction of sp³-hybridized carbons (Fsp3) is 0.800. The maximum atomic E-state index is 12.8. The molecule has 0 aromatic heterocycles. The molecule has 354 valence electrons. The van der Waals surface area contributed by atoms with Crippen molar-refractivity contribution in [1.82, 2.24) is 0 Å². The monoisotopic (exact) mass is 855 g/mol. The minimum absolute atomic E-state index is 0.0805. The van der Waals surface area contributed by atoms with E-state index in [-0.39, 0.29) is 31.1 Å². The quantitative estimate of drug-likeness (QED) is 0.0263. The van der Waals surface area contributed by atoms with Gasteiger partial charge in [-0.05, 0) is 96.3 Å². The number of carbonyl (C=O) groups is 3. The van der Waals surface area contributed by atoms with Gasteiger partial charge in [0.2, 0.25) is 0 Å². The van der Waals surface area contributed by atoms with E-state index in [1.165, 1.54) is 148 Å². The lowest BCUT2D eigenvalue weighted by molar-refractivity contribution is -0.167. The highest BCUT2D eigenvalue weighted by molar-refractivity contribution is 5.71. The van der Waals surface area contributed by atoms with Crippen molar-refractivity contribution in [2.24, 2.45) is 0 Å². The van der Waals surface area contributed by atoms with Crippen LogP contribution < -0.4 is 0 Å². The third-order valence-corrected chi connectivity index (χ3v) is 11.3. The Bertz CT molecular complexity index is 1070. The molecule has 61 heavy (non-hydrogen) atoms. The summed E-state index contributed by atoms with van der Waals surface area (Å²) in [5.74, 6) is -0.896. The maximum absolute atomic E-state index is 12.8. The second-order valence-corrected chi connectivity index (χ2v) is 17.4. The van der Waals surface area contributed by atoms with Crippen molar-refractivity contribution in [2.45, 2.75) is 271 Å². The van der Waals surface area contributed by atoms with Gasteiger partial charge in [-0.2, -0.15) is 0 Å². The first-order chi connectivity index (χ1) is 30.0. The van der Waals surface area contributed by atoms with E-state index >= 15 is 0 Å². The van der Waals surface area contributed by atoms with Crippen LogP contribution in [0.5, 0.6) is 0 Å². The summed E-state index contributed by atoms with van der Waals surface area (Å²) in [6, 6.07) is 0. The first kappa shape index (κ1) is 58.4. The number of rotatable bonds is 47. The average Bonchev–Trinajstić information content (AvgIpc) is 3.26. The molecule has 0 saturated heterocycles. The topological polar surface area (TPSA) is 78.9 Å². The van der Waals surface area contributed by atoms with Gasteiger partial charge in [0, 0.05) is 19.3 Å². The fourth-order valence-corrected chi connectivity index (χ4v) is 7.27. The normalized spacial score (nSPS) is 12.4. The molecule has 0 radical (unpaired) electrons. The largest absolute Gasteiger partial charge is 0.462 e. The lowest BCUT2D eigenvalue weighted by atomic mass is 10.1. The fourth-order valence-electron chi connectivity index (χ4n) is 7.27. The van der Waals surface area contributed by atoms with Crippen LogP contribution in [0.15, 0.2) is 48.6 Å². The minimum Gasteiger partial charge on any atom is -0.462 e. The van der Waals surface area contributed by atoms with E-state index < -0.39 is 6.10 Å². The van der Waals surface area contributed by atoms with Gasteiger partial charge in [0.1, 0.15) is 13.2 Å². The molecule has 0 aliphatic carbocycles. The first-order valence-electron chi connectivity index (χ1n) is 26.1. The van der Waals surface area contributed by atoms with Crippen LogP contribution in [-0.2, 0) is 28.6 Å². The zero-order valence-corrected chi connectivity index (χ0v) is 40.4. The van der Waals surface area contributed by atoms with Gasteiger partial charge >= 0.3 is 17.9 Å². The highest BCUT2D eigenvalue weighted by atomic mass is 16.6. The second kappa shape index (κ2) is 50.0. The summed E-state index contributed by atoms with van der Waals surface area (Å²) in [7, 11) is 0. The van der Waals surface area contributed by atoms with Crippen molar-refractivity contribution in [3.63, 3.8) is 0 Å². The lowest BCUT2D eigenvalue weighted by Crippen LogP contribution is -2.30. The summed E-state index contributed by atoms with van der Waals surface area (Å²) >= 11 is 0. The van der Waals surface area contributed by atoms with Gasteiger partial charge in [0.25, 0.3) is 0 Å². The highest BCUT2D eigenvalue weighted by Crippen LogP contribution is 2.14. The Balaban J connectivity index is 4.37. The van der Waals surface area contributed by atoms with Gasteiger partial charge in [0.15, 0.2) is 6.10 Å². The summed E-state index contributed by atoms with van der Waals surface area (Å²) in [4.78, 5) is 37.9. The summed E-state index contributed by atoms with van der Waals surface area (Å²) in [6.45, 7) is 6.56. The number of esters is 3. The highest BCUT2D eigenvalue weighted by Gasteiger charge is 2.19. The summed E-state index contributed by atoms with van der Waals surface area (Å²) < 4.78 is 16.8. The maximum Gasteiger partial charge on any atom is 0.306 e. The van der Waals surface area contributed by atoms with Crippen molar-refractivity contribution in [1.29, 1.82) is 0 Å². The van der Waals surface area contributed by atoms with Crippen molar-refractivity contribution in [2.75, 3.05) is 13.2 Å². The Kier molecular flexibility index (Phi) is 47.9. The zero-order chi connectivity index (χ0) is 44.4. The van der Waals surface area contributed by atoms with E-state index in [2.05, 4.69) is 69.4 Å². The van der Waals surface area contributed by atoms with Gasteiger partial charge in [-0.25, -0.2) is 0 Å². The third-order valence-electron chi connectivity index (χ3n) is 11.3. The summed E-state index contributed by atoms with van der Waals surface area (Å²) in [5, 5.41) is 0. The van der Waals surface area contributed by atoms with Crippen LogP contribution in [0.4, 0.5) is 0 Å². The molecule has 1 atom stereocenters. The van der Waals surface area contributed by atoms with Crippen molar-refractivity contribution in [3.05, 3.63) is 48.6 Å². The summed E-state index contributed by atoms with van der Waals surface area (Å²) in [5.41, 5.74) is 0. The van der Waals surface area contributed by atoms with Crippen LogP contribution in [-0.4, -0.2) is 37.2 Å². The molecule has 0 spiro atoms. The Morgan fingerprint density at radius 2 is 0.607 bits per heavy atom. The van der Waals surface area contributed by atoms with Crippen molar-refractivity contribution < 1.29 is 28.6 Å². The molecule has 0 aliphatic rings. The first-order valence-corrected chi connectivity index (χ1v) is 26.1. The molecule has 0 N–H and O–H groups in total. The average molecular weight is 855 g/mol. The molecule has 0 bridgehead atoms. The molecule has 6 nitrogen and oxygen atoms in total. The second-order valence-electron chi connectivity index (χ2n) is 17.4. The Morgan fingerprint density at radius 1 is 0.328 bits per heavy atom. The van der Waals surface area contributed by atoms with Crippen molar-refractivity contribution in [3.8, 4) is 0 Å². The molecule has 0 saturated carbocycles. The van der Waals surface area contributed by atoms with Gasteiger partial charge in [0.05, 0.1) is 0 Å². The molecule has 0 fully saturated rings. The van der Waals surface area contributed by atoms with Gasteiger partial charge in [-0.15, -0.1) is 0 Å². The van der Waals surface area contributed by atoms with Crippen LogP contribution in [0, 0.1) is 0 Å². The van der Waals surface area contributed by atoms with Crippen LogP contribution in [0.25, 0.3) is 0 Å². The van der Waals surface area contributed by atoms with Gasteiger partial charge < -0.3 is 14.2 Å². The predicted molar refractivity (Wildman–Crippen MR) is 261 cm³/mol. The van der Waals surface area contributed by atoms with Crippen LogP contribution in [0.3, 0.4) is 0 Å². The molecule has 6 heteroatoms. The molecule has 0 heterocycles. The Labute approximate surface area is 378 Å². The molecular formula is C55H98O6. The molecule has 0 amide bonds. The van der Waals surface area contributed by atoms with Gasteiger partial charge in [-0.3, -0.25) is 14.4 Å². The van der Waals surface area contributed by atoms with Crippen LogP contribution >= 0.6 is 0 Å². The number of hydrogen-bond donors (Lipinski definition) is 0. The van der Waals surface area contributed by atoms with E-state index in [0.717, 1.165) is 77.0 Å². The standard InChI is InChI=1S/C55H98O6/c1-4-7-10-13-16-19-22-24-26-27-29-31-34-37-40-43-46-49-55(58)61-52(50-59-53(56)47-44-41-38-35-32-21-18-15-12-9-6-3)51-60-54(57)48-45-42-39-36-33-30-28-25-23-20-17-14-11-8-5-2/h15-16,18-20,23-24,26,52H,4-14,17,21-22,25,27-51H2,1-3H3/b18-15-,19-16-,23-20-,26-24-/t52-/m0/s1. The molecule has 0 rings (SSSR count). The molecule has 0 aliphatic heterocycles. The molecule has 0 aromatic carbocycles. The number of unbranched alkanes of at least 4 members (excludes halogenated alkanes) is 28. The van der Waals surface area contributed by atoms with Crippen molar-refractivity contribution >= 4 is 17.9 Å². The molecule has 0 aromatic rings. The van der Waals surface area contributed by atoms with Crippen LogP contribution in [0.1, 0.15) is 265 Å². The smallest absolute Gasteiger partial charge is 0.306 e. The Morgan fingerprint density at radius 3 is 1.00 bits per heavy atom. The third kappa shape index (κ3) is 48.3. The van der Waals surface area contributed by atoms with Crippen LogP contribution in [0.2, 0.25) is 0 Å². The van der Waals surface area contributed by atoms with E-state index in [0.29, 0.717) is 19.3 Å². The summed E-state index contributed by atoms with van der Waals surface area (Å²) in [6.07, 6.45) is 59.4. The van der Waals surface area contributed by atoms with E-state index in [1.54, 1.807) is 0 Å². The van der Waals surface area contributed by atoms with Gasteiger partial charge in [-0.1, -0.05) is 198 Å². The minimum atomic E-state index is -0.780. The van der Waals surface area contributed by atoms with E-state index in [4.69, 9.17) is 14.2 Å². The molecular weight excluding hydrogens is 757 g/mol. The predicted octanol–water partition coefficient (Wildman–Crippen LogP) is 17.1. The Hall–Kier alpha value is -2.63. The number of hydrogen-bond acceptors (Lipinski definition) is 6. The number of carbonyl (C=O) groups excluding carboxylic acids is 3. The van der Waals surface area contributed by atoms with E-state index in [9.17, 15) is 14.4 Å². The number of allylic oxidation sites excluding steroid dienone is 8.